The molecule has 0 unspecified atom stereocenters. The van der Waals surface area contributed by atoms with Crippen molar-refractivity contribution in [3.63, 3.8) is 0 Å². The van der Waals surface area contributed by atoms with Crippen LogP contribution in [0.15, 0.2) is 24.3 Å². The Morgan fingerprint density at radius 2 is 1.67 bits per heavy atom. The normalized spacial score (nSPS) is 12.7. The van der Waals surface area contributed by atoms with Crippen LogP contribution in [0.4, 0.5) is 0 Å². The second-order valence-corrected chi connectivity index (χ2v) is 8.46. The summed E-state index contributed by atoms with van der Waals surface area (Å²) in [5.74, 6) is 0. The summed E-state index contributed by atoms with van der Waals surface area (Å²) in [7, 11) is 0. The maximum Gasteiger partial charge on any atom is 0.148 e. The molecule has 114 valence electrons. The molecule has 0 saturated heterocycles. The lowest BCUT2D eigenvalue weighted by Crippen LogP contribution is -2.35. The van der Waals surface area contributed by atoms with E-state index in [-0.39, 0.29) is 11.0 Å². The van der Waals surface area contributed by atoms with E-state index in [0.29, 0.717) is 0 Å². The highest BCUT2D eigenvalue weighted by Crippen LogP contribution is 2.34. The number of aromatic nitrogens is 2. The van der Waals surface area contributed by atoms with E-state index in [4.69, 9.17) is 0 Å². The molecule has 0 radical (unpaired) electrons. The molecule has 1 aromatic carbocycles. The van der Waals surface area contributed by atoms with E-state index in [9.17, 15) is 0 Å². The van der Waals surface area contributed by atoms with Gasteiger partial charge < -0.3 is 5.32 Å². The van der Waals surface area contributed by atoms with Gasteiger partial charge >= 0.3 is 0 Å². The molecule has 0 amide bonds. The first-order valence-electron chi connectivity index (χ1n) is 7.34. The van der Waals surface area contributed by atoms with Crippen molar-refractivity contribution in [2.45, 2.75) is 59.0 Å². The Labute approximate surface area is 131 Å². The molecule has 0 spiro atoms. The van der Waals surface area contributed by atoms with Gasteiger partial charge in [0.2, 0.25) is 0 Å². The van der Waals surface area contributed by atoms with E-state index in [2.05, 4.69) is 81.3 Å². The molecule has 0 atom stereocenters. The number of rotatable bonds is 3. The van der Waals surface area contributed by atoms with Crippen molar-refractivity contribution < 1.29 is 0 Å². The van der Waals surface area contributed by atoms with Gasteiger partial charge in [-0.3, -0.25) is 0 Å². The summed E-state index contributed by atoms with van der Waals surface area (Å²) in [6.45, 7) is 13.9. The van der Waals surface area contributed by atoms with Gasteiger partial charge in [0.25, 0.3) is 0 Å². The quantitative estimate of drug-likeness (QED) is 0.913. The average Bonchev–Trinajstić information content (AvgIpc) is 2.83. The van der Waals surface area contributed by atoms with Crippen LogP contribution in [0.25, 0.3) is 10.6 Å². The van der Waals surface area contributed by atoms with E-state index in [0.717, 1.165) is 16.6 Å². The maximum atomic E-state index is 4.39. The molecule has 1 aromatic heterocycles. The molecule has 1 N–H and O–H groups in total. The Bertz CT molecular complexity index is 603. The fraction of sp³-hybridized carbons (Fsp3) is 0.529. The van der Waals surface area contributed by atoms with Gasteiger partial charge in [0.05, 0.1) is 6.54 Å². The SMILES string of the molecule is CC(C)(C)NCc1nnc(-c2ccccc2C(C)(C)C)s1. The first-order chi connectivity index (χ1) is 9.67. The Balaban J connectivity index is 2.26. The van der Waals surface area contributed by atoms with E-state index >= 15 is 0 Å². The molecule has 0 fully saturated rings. The molecule has 0 bridgehead atoms. The molecule has 0 aliphatic heterocycles. The zero-order valence-corrected chi connectivity index (χ0v) is 14.6. The van der Waals surface area contributed by atoms with Crippen LogP contribution in [0.1, 0.15) is 52.1 Å². The van der Waals surface area contributed by atoms with Crippen LogP contribution in [-0.4, -0.2) is 15.7 Å². The van der Waals surface area contributed by atoms with Crippen LogP contribution in [0.2, 0.25) is 0 Å². The number of hydrogen-bond acceptors (Lipinski definition) is 4. The van der Waals surface area contributed by atoms with Gasteiger partial charge in [0.1, 0.15) is 10.0 Å². The highest BCUT2D eigenvalue weighted by molar-refractivity contribution is 7.14. The first kappa shape index (κ1) is 16.1. The van der Waals surface area contributed by atoms with Gasteiger partial charge in [-0.15, -0.1) is 10.2 Å². The third-order valence-electron chi connectivity index (χ3n) is 3.20. The van der Waals surface area contributed by atoms with E-state index in [1.165, 1.54) is 11.1 Å². The maximum absolute atomic E-state index is 4.39. The zero-order chi connectivity index (χ0) is 15.7. The van der Waals surface area contributed by atoms with Crippen LogP contribution >= 0.6 is 11.3 Å². The summed E-state index contributed by atoms with van der Waals surface area (Å²) in [5.41, 5.74) is 2.71. The number of nitrogens with zero attached hydrogens (tertiary/aromatic N) is 2. The van der Waals surface area contributed by atoms with E-state index < -0.39 is 0 Å². The topological polar surface area (TPSA) is 37.8 Å². The van der Waals surface area contributed by atoms with Crippen molar-refractivity contribution in [3.8, 4) is 10.6 Å². The molecular weight excluding hydrogens is 278 g/mol. The summed E-state index contributed by atoms with van der Waals surface area (Å²) in [6.07, 6.45) is 0. The fourth-order valence-corrected chi connectivity index (χ4v) is 2.92. The van der Waals surface area contributed by atoms with Crippen LogP contribution in [0, 0.1) is 0 Å². The lowest BCUT2D eigenvalue weighted by atomic mass is 9.84. The molecule has 0 saturated carbocycles. The van der Waals surface area contributed by atoms with Crippen molar-refractivity contribution >= 4 is 11.3 Å². The lowest BCUT2D eigenvalue weighted by molar-refractivity contribution is 0.423. The van der Waals surface area contributed by atoms with Crippen molar-refractivity contribution in [1.29, 1.82) is 0 Å². The summed E-state index contributed by atoms with van der Waals surface area (Å²) in [6, 6.07) is 8.48. The van der Waals surface area contributed by atoms with Crippen molar-refractivity contribution in [2.24, 2.45) is 0 Å². The van der Waals surface area contributed by atoms with Crippen molar-refractivity contribution in [1.82, 2.24) is 15.5 Å². The smallest absolute Gasteiger partial charge is 0.148 e. The van der Waals surface area contributed by atoms with Crippen LogP contribution in [0.5, 0.6) is 0 Å². The molecule has 2 aromatic rings. The molecule has 2 rings (SSSR count). The summed E-state index contributed by atoms with van der Waals surface area (Å²) in [4.78, 5) is 0. The summed E-state index contributed by atoms with van der Waals surface area (Å²) < 4.78 is 0. The highest BCUT2D eigenvalue weighted by Gasteiger charge is 2.20. The Kier molecular flexibility index (Phi) is 4.49. The predicted molar refractivity (Wildman–Crippen MR) is 90.6 cm³/mol. The van der Waals surface area contributed by atoms with Gasteiger partial charge in [0, 0.05) is 11.1 Å². The summed E-state index contributed by atoms with van der Waals surface area (Å²) >= 11 is 1.67. The second kappa shape index (κ2) is 5.85. The lowest BCUT2D eigenvalue weighted by Gasteiger charge is -2.21. The Morgan fingerprint density at radius 3 is 2.29 bits per heavy atom. The summed E-state index contributed by atoms with van der Waals surface area (Å²) in [5, 5.41) is 14.2. The largest absolute Gasteiger partial charge is 0.306 e. The molecule has 1 heterocycles. The van der Waals surface area contributed by atoms with Crippen LogP contribution in [-0.2, 0) is 12.0 Å². The van der Waals surface area contributed by atoms with Crippen LogP contribution in [0.3, 0.4) is 0 Å². The molecule has 21 heavy (non-hydrogen) atoms. The van der Waals surface area contributed by atoms with Gasteiger partial charge in [0.15, 0.2) is 0 Å². The minimum absolute atomic E-state index is 0.0924. The average molecular weight is 303 g/mol. The third-order valence-corrected chi connectivity index (χ3v) is 4.16. The Hall–Kier alpha value is -1.26. The minimum Gasteiger partial charge on any atom is -0.306 e. The van der Waals surface area contributed by atoms with Crippen molar-refractivity contribution in [3.05, 3.63) is 34.8 Å². The fourth-order valence-electron chi connectivity index (χ4n) is 2.10. The highest BCUT2D eigenvalue weighted by atomic mass is 32.1. The van der Waals surface area contributed by atoms with Crippen molar-refractivity contribution in [2.75, 3.05) is 0 Å². The number of hydrogen-bond donors (Lipinski definition) is 1. The monoisotopic (exact) mass is 303 g/mol. The van der Waals surface area contributed by atoms with Gasteiger partial charge in [-0.05, 0) is 31.7 Å². The predicted octanol–water partition coefficient (Wildman–Crippen LogP) is 4.39. The zero-order valence-electron chi connectivity index (χ0n) is 13.8. The Morgan fingerprint density at radius 1 is 1.00 bits per heavy atom. The standard InChI is InChI=1S/C17H25N3S/c1-16(2,3)13-10-8-7-9-12(13)15-20-19-14(21-15)11-18-17(4,5)6/h7-10,18H,11H2,1-6H3. The number of nitrogens with one attached hydrogen (secondary N) is 1. The van der Waals surface area contributed by atoms with Gasteiger partial charge in [-0.2, -0.15) is 0 Å². The molecule has 3 nitrogen and oxygen atoms in total. The molecule has 4 heteroatoms. The molecule has 0 aliphatic rings. The van der Waals surface area contributed by atoms with E-state index in [1.807, 2.05) is 0 Å². The van der Waals surface area contributed by atoms with Crippen LogP contribution < -0.4 is 5.32 Å². The second-order valence-electron chi connectivity index (χ2n) is 7.40. The minimum atomic E-state index is 0.0924. The molecular formula is C17H25N3S. The first-order valence-corrected chi connectivity index (χ1v) is 8.16. The van der Waals surface area contributed by atoms with E-state index in [1.54, 1.807) is 11.3 Å². The third kappa shape index (κ3) is 4.35. The number of benzene rings is 1. The van der Waals surface area contributed by atoms with Gasteiger partial charge in [-0.1, -0.05) is 56.4 Å². The molecule has 0 aliphatic carbocycles. The van der Waals surface area contributed by atoms with Gasteiger partial charge in [-0.25, -0.2) is 0 Å².